The second kappa shape index (κ2) is 7.19. The van der Waals surface area contributed by atoms with Crippen molar-refractivity contribution in [2.45, 2.75) is 50.5 Å². The second-order valence-electron chi connectivity index (χ2n) is 6.05. The summed E-state index contributed by atoms with van der Waals surface area (Å²) in [5, 5.41) is 31.1. The van der Waals surface area contributed by atoms with Crippen LogP contribution in [0.15, 0.2) is 24.3 Å². The molecule has 1 amide bonds. The standard InChI is InChI=1S/C16H24N2O4/c17-16(21,22)10-14(19)12-7-4-8-13(9-12)18-15(20)11-5-2-1-3-6-11/h4,7-9,11,14,19,21-22H,1-3,5-6,10,17H2,(H,18,20). The number of hydrogen-bond donors (Lipinski definition) is 5. The third kappa shape index (κ3) is 5.06. The number of benzene rings is 1. The van der Waals surface area contributed by atoms with Crippen molar-refractivity contribution in [2.24, 2.45) is 11.7 Å². The van der Waals surface area contributed by atoms with E-state index in [2.05, 4.69) is 5.32 Å². The summed E-state index contributed by atoms with van der Waals surface area (Å²) in [6.45, 7) is 0. The van der Waals surface area contributed by atoms with Crippen LogP contribution in [0.1, 0.15) is 50.2 Å². The van der Waals surface area contributed by atoms with Gasteiger partial charge in [0.15, 0.2) is 0 Å². The first-order chi connectivity index (χ1) is 10.3. The summed E-state index contributed by atoms with van der Waals surface area (Å²) in [6.07, 6.45) is 3.66. The van der Waals surface area contributed by atoms with Crippen LogP contribution in [0.5, 0.6) is 0 Å². The largest absolute Gasteiger partial charge is 0.388 e. The fraction of sp³-hybridized carbons (Fsp3) is 0.562. The van der Waals surface area contributed by atoms with Gasteiger partial charge < -0.3 is 20.6 Å². The van der Waals surface area contributed by atoms with Gasteiger partial charge in [-0.3, -0.25) is 10.5 Å². The molecule has 22 heavy (non-hydrogen) atoms. The number of anilines is 1. The van der Waals surface area contributed by atoms with E-state index in [4.69, 9.17) is 15.9 Å². The Bertz CT molecular complexity index is 507. The Kier molecular flexibility index (Phi) is 5.52. The summed E-state index contributed by atoms with van der Waals surface area (Å²) in [4.78, 5) is 12.2. The number of amides is 1. The lowest BCUT2D eigenvalue weighted by molar-refractivity contribution is -0.176. The van der Waals surface area contributed by atoms with E-state index in [1.807, 2.05) is 0 Å². The van der Waals surface area contributed by atoms with Crippen molar-refractivity contribution < 1.29 is 20.1 Å². The number of aliphatic hydroxyl groups excluding tert-OH is 1. The molecule has 6 N–H and O–H groups in total. The fourth-order valence-corrected chi connectivity index (χ4v) is 2.84. The molecule has 6 nitrogen and oxygen atoms in total. The van der Waals surface area contributed by atoms with Crippen molar-refractivity contribution in [3.63, 3.8) is 0 Å². The third-order valence-electron chi connectivity index (χ3n) is 4.01. The first-order valence-corrected chi connectivity index (χ1v) is 7.68. The minimum atomic E-state index is -2.43. The molecular formula is C16H24N2O4. The molecule has 0 bridgehead atoms. The van der Waals surface area contributed by atoms with Crippen molar-refractivity contribution in [3.05, 3.63) is 29.8 Å². The molecule has 0 radical (unpaired) electrons. The first kappa shape index (κ1) is 16.9. The Hall–Kier alpha value is -1.47. The maximum atomic E-state index is 12.2. The highest BCUT2D eigenvalue weighted by atomic mass is 16.5. The van der Waals surface area contributed by atoms with Gasteiger partial charge >= 0.3 is 0 Å². The minimum absolute atomic E-state index is 0.00354. The lowest BCUT2D eigenvalue weighted by atomic mass is 9.88. The molecule has 1 aliphatic carbocycles. The van der Waals surface area contributed by atoms with E-state index in [-0.39, 0.29) is 11.8 Å². The summed E-state index contributed by atoms with van der Waals surface area (Å²) < 4.78 is 0. The van der Waals surface area contributed by atoms with Crippen LogP contribution >= 0.6 is 0 Å². The van der Waals surface area contributed by atoms with E-state index in [9.17, 15) is 9.90 Å². The fourth-order valence-electron chi connectivity index (χ4n) is 2.84. The van der Waals surface area contributed by atoms with Gasteiger partial charge in [0.25, 0.3) is 0 Å². The van der Waals surface area contributed by atoms with Gasteiger partial charge in [0.1, 0.15) is 0 Å². The molecule has 0 aromatic heterocycles. The van der Waals surface area contributed by atoms with Crippen molar-refractivity contribution in [1.29, 1.82) is 0 Å². The van der Waals surface area contributed by atoms with Crippen molar-refractivity contribution in [2.75, 3.05) is 5.32 Å². The summed E-state index contributed by atoms with van der Waals surface area (Å²) in [7, 11) is 0. The summed E-state index contributed by atoms with van der Waals surface area (Å²) in [6, 6.07) is 6.70. The van der Waals surface area contributed by atoms with Gasteiger partial charge in [-0.1, -0.05) is 31.4 Å². The zero-order chi connectivity index (χ0) is 16.2. The Morgan fingerprint density at radius 2 is 2.00 bits per heavy atom. The summed E-state index contributed by atoms with van der Waals surface area (Å²) in [5.74, 6) is -2.38. The molecule has 2 rings (SSSR count). The van der Waals surface area contributed by atoms with Gasteiger partial charge in [0, 0.05) is 18.0 Å². The van der Waals surface area contributed by atoms with Crippen LogP contribution in [0.2, 0.25) is 0 Å². The lowest BCUT2D eigenvalue weighted by Gasteiger charge is -2.22. The Labute approximate surface area is 130 Å². The van der Waals surface area contributed by atoms with Crippen LogP contribution in [0.4, 0.5) is 5.69 Å². The molecule has 1 aromatic carbocycles. The highest BCUT2D eigenvalue weighted by Crippen LogP contribution is 2.26. The van der Waals surface area contributed by atoms with E-state index in [1.165, 1.54) is 6.42 Å². The smallest absolute Gasteiger partial charge is 0.227 e. The van der Waals surface area contributed by atoms with Crippen LogP contribution in [0, 0.1) is 5.92 Å². The molecule has 0 aliphatic heterocycles. The molecular weight excluding hydrogens is 284 g/mol. The molecule has 1 aliphatic rings. The highest BCUT2D eigenvalue weighted by Gasteiger charge is 2.24. The zero-order valence-corrected chi connectivity index (χ0v) is 12.5. The van der Waals surface area contributed by atoms with Crippen molar-refractivity contribution >= 4 is 11.6 Å². The number of nitrogens with two attached hydrogens (primary N) is 1. The predicted molar refractivity (Wildman–Crippen MR) is 82.6 cm³/mol. The number of hydrogen-bond acceptors (Lipinski definition) is 5. The van der Waals surface area contributed by atoms with Crippen LogP contribution < -0.4 is 11.1 Å². The number of nitrogens with one attached hydrogen (secondary N) is 1. The average molecular weight is 308 g/mol. The maximum absolute atomic E-state index is 12.2. The molecule has 0 spiro atoms. The predicted octanol–water partition coefficient (Wildman–Crippen LogP) is 1.23. The van der Waals surface area contributed by atoms with E-state index >= 15 is 0 Å². The van der Waals surface area contributed by atoms with E-state index in [1.54, 1.807) is 24.3 Å². The zero-order valence-electron chi connectivity index (χ0n) is 12.5. The van der Waals surface area contributed by atoms with E-state index in [0.717, 1.165) is 25.7 Å². The first-order valence-electron chi connectivity index (χ1n) is 7.68. The topological polar surface area (TPSA) is 116 Å². The molecule has 0 saturated heterocycles. The quantitative estimate of drug-likeness (QED) is 0.525. The highest BCUT2D eigenvalue weighted by molar-refractivity contribution is 5.92. The molecule has 1 fully saturated rings. The van der Waals surface area contributed by atoms with Gasteiger partial charge in [-0.15, -0.1) is 0 Å². The monoisotopic (exact) mass is 308 g/mol. The number of rotatable bonds is 5. The van der Waals surface area contributed by atoms with Gasteiger partial charge in [-0.05, 0) is 30.5 Å². The normalized spacial score (nSPS) is 18.0. The molecule has 6 heteroatoms. The Morgan fingerprint density at radius 3 is 2.64 bits per heavy atom. The molecule has 1 atom stereocenters. The Balaban J connectivity index is 2.00. The van der Waals surface area contributed by atoms with Crippen LogP contribution in [-0.2, 0) is 4.79 Å². The van der Waals surface area contributed by atoms with Gasteiger partial charge in [-0.25, -0.2) is 0 Å². The van der Waals surface area contributed by atoms with Gasteiger partial charge in [-0.2, -0.15) is 0 Å². The van der Waals surface area contributed by atoms with Crippen LogP contribution in [0.3, 0.4) is 0 Å². The lowest BCUT2D eigenvalue weighted by Crippen LogP contribution is -2.40. The number of carbonyl (C=O) groups excluding carboxylic acids is 1. The van der Waals surface area contributed by atoms with Crippen LogP contribution in [0.25, 0.3) is 0 Å². The van der Waals surface area contributed by atoms with Gasteiger partial charge in [0.2, 0.25) is 11.8 Å². The third-order valence-corrected chi connectivity index (χ3v) is 4.01. The second-order valence-corrected chi connectivity index (χ2v) is 6.05. The maximum Gasteiger partial charge on any atom is 0.227 e. The SMILES string of the molecule is NC(O)(O)CC(O)c1cccc(NC(=O)C2CCCCC2)c1. The Morgan fingerprint density at radius 1 is 1.32 bits per heavy atom. The van der Waals surface area contributed by atoms with Crippen molar-refractivity contribution in [3.8, 4) is 0 Å². The van der Waals surface area contributed by atoms with Gasteiger partial charge in [0.05, 0.1) is 6.10 Å². The van der Waals surface area contributed by atoms with Crippen LogP contribution in [-0.4, -0.2) is 27.1 Å². The molecule has 1 unspecified atom stereocenters. The van der Waals surface area contributed by atoms with E-state index in [0.29, 0.717) is 11.3 Å². The van der Waals surface area contributed by atoms with E-state index < -0.39 is 18.4 Å². The number of aliphatic hydroxyl groups is 3. The summed E-state index contributed by atoms with van der Waals surface area (Å²) >= 11 is 0. The molecule has 1 aromatic rings. The summed E-state index contributed by atoms with van der Waals surface area (Å²) in [5.41, 5.74) is 6.13. The molecule has 0 heterocycles. The molecule has 122 valence electrons. The molecule has 1 saturated carbocycles. The average Bonchev–Trinajstić information content (AvgIpc) is 2.46. The minimum Gasteiger partial charge on any atom is -0.388 e. The number of carbonyl (C=O) groups is 1. The van der Waals surface area contributed by atoms with Crippen molar-refractivity contribution in [1.82, 2.24) is 0 Å².